The molecule has 0 bridgehead atoms. The van der Waals surface area contributed by atoms with Crippen LogP contribution in [-0.4, -0.2) is 18.0 Å². The molecule has 0 aliphatic heterocycles. The van der Waals surface area contributed by atoms with E-state index in [1.807, 2.05) is 0 Å². The zero-order valence-corrected chi connectivity index (χ0v) is 12.6. The molecule has 17 heavy (non-hydrogen) atoms. The van der Waals surface area contributed by atoms with E-state index in [0.29, 0.717) is 5.96 Å². The molecule has 0 aliphatic rings. The van der Waals surface area contributed by atoms with Gasteiger partial charge in [-0.15, -0.1) is 0 Å². The summed E-state index contributed by atoms with van der Waals surface area (Å²) >= 11 is 0. The molecule has 102 valence electrons. The number of guanidine groups is 1. The quantitative estimate of drug-likeness (QED) is 0.426. The molecule has 3 heteroatoms. The Morgan fingerprint density at radius 1 is 1.12 bits per heavy atom. The lowest BCUT2D eigenvalue weighted by Gasteiger charge is -2.24. The lowest BCUT2D eigenvalue weighted by atomic mass is 9.87. The smallest absolute Gasteiger partial charge is 0.189 e. The van der Waals surface area contributed by atoms with Gasteiger partial charge in [0.2, 0.25) is 0 Å². The molecule has 0 radical (unpaired) electrons. The SMILES string of the molecule is CCCCCC(C)(C)CN=C(N)NC(C)(C)C. The highest BCUT2D eigenvalue weighted by molar-refractivity contribution is 5.78. The van der Waals surface area contributed by atoms with Crippen molar-refractivity contribution in [2.75, 3.05) is 6.54 Å². The van der Waals surface area contributed by atoms with E-state index in [1.54, 1.807) is 0 Å². The molecule has 0 rings (SSSR count). The van der Waals surface area contributed by atoms with Gasteiger partial charge in [0.1, 0.15) is 0 Å². The Kier molecular flexibility index (Phi) is 6.58. The standard InChI is InChI=1S/C14H31N3/c1-7-8-9-10-14(5,6)11-16-12(15)17-13(2,3)4/h7-11H2,1-6H3,(H3,15,16,17). The molecule has 0 fully saturated rings. The maximum absolute atomic E-state index is 5.86. The van der Waals surface area contributed by atoms with Gasteiger partial charge in [0.25, 0.3) is 0 Å². The third-order valence-electron chi connectivity index (χ3n) is 2.64. The molecule has 0 spiro atoms. The van der Waals surface area contributed by atoms with Gasteiger partial charge in [0.05, 0.1) is 0 Å². The van der Waals surface area contributed by atoms with Crippen LogP contribution in [0.2, 0.25) is 0 Å². The van der Waals surface area contributed by atoms with Crippen molar-refractivity contribution in [1.29, 1.82) is 0 Å². The molecule has 0 amide bonds. The monoisotopic (exact) mass is 241 g/mol. The van der Waals surface area contributed by atoms with Crippen LogP contribution in [0.1, 0.15) is 67.2 Å². The Morgan fingerprint density at radius 3 is 2.18 bits per heavy atom. The summed E-state index contributed by atoms with van der Waals surface area (Å²) in [5, 5.41) is 3.19. The molecule has 0 aliphatic carbocycles. The highest BCUT2D eigenvalue weighted by atomic mass is 15.1. The molecule has 0 aromatic heterocycles. The van der Waals surface area contributed by atoms with E-state index >= 15 is 0 Å². The van der Waals surface area contributed by atoms with Gasteiger partial charge >= 0.3 is 0 Å². The maximum Gasteiger partial charge on any atom is 0.189 e. The minimum atomic E-state index is -0.0140. The van der Waals surface area contributed by atoms with Gasteiger partial charge in [-0.3, -0.25) is 4.99 Å². The van der Waals surface area contributed by atoms with Crippen molar-refractivity contribution in [2.24, 2.45) is 16.1 Å². The molecule has 3 nitrogen and oxygen atoms in total. The third-order valence-corrected chi connectivity index (χ3v) is 2.64. The molecule has 0 heterocycles. The number of nitrogens with two attached hydrogens (primary N) is 1. The Balaban J connectivity index is 4.09. The average Bonchev–Trinajstić information content (AvgIpc) is 2.13. The van der Waals surface area contributed by atoms with E-state index < -0.39 is 0 Å². The maximum atomic E-state index is 5.86. The Morgan fingerprint density at radius 2 is 1.71 bits per heavy atom. The number of hydrogen-bond acceptors (Lipinski definition) is 1. The Hall–Kier alpha value is -0.730. The fourth-order valence-corrected chi connectivity index (χ4v) is 1.66. The van der Waals surface area contributed by atoms with Gasteiger partial charge in [-0.1, -0.05) is 40.0 Å². The zero-order valence-electron chi connectivity index (χ0n) is 12.6. The molecule has 3 N–H and O–H groups in total. The summed E-state index contributed by atoms with van der Waals surface area (Å²) in [7, 11) is 0. The van der Waals surface area contributed by atoms with Crippen LogP contribution in [-0.2, 0) is 0 Å². The average molecular weight is 241 g/mol. The van der Waals surface area contributed by atoms with Crippen molar-refractivity contribution >= 4 is 5.96 Å². The van der Waals surface area contributed by atoms with Crippen molar-refractivity contribution in [3.63, 3.8) is 0 Å². The lowest BCUT2D eigenvalue weighted by Crippen LogP contribution is -2.45. The summed E-state index contributed by atoms with van der Waals surface area (Å²) in [4.78, 5) is 4.44. The predicted molar refractivity (Wildman–Crippen MR) is 77.3 cm³/mol. The Bertz CT molecular complexity index is 236. The second-order valence-electron chi connectivity index (χ2n) is 6.70. The van der Waals surface area contributed by atoms with E-state index in [2.05, 4.69) is 51.9 Å². The minimum absolute atomic E-state index is 0.0140. The van der Waals surface area contributed by atoms with Crippen LogP contribution in [0.25, 0.3) is 0 Å². The molecular weight excluding hydrogens is 210 g/mol. The zero-order chi connectivity index (χ0) is 13.5. The summed E-state index contributed by atoms with van der Waals surface area (Å²) in [6, 6.07) is 0. The largest absolute Gasteiger partial charge is 0.370 e. The first-order valence-corrected chi connectivity index (χ1v) is 6.74. The van der Waals surface area contributed by atoms with Gasteiger partial charge in [0, 0.05) is 12.1 Å². The van der Waals surface area contributed by atoms with Crippen molar-refractivity contribution in [3.8, 4) is 0 Å². The number of nitrogens with zero attached hydrogens (tertiary/aromatic N) is 1. The molecular formula is C14H31N3. The van der Waals surface area contributed by atoms with E-state index in [0.717, 1.165) is 6.54 Å². The van der Waals surface area contributed by atoms with Crippen molar-refractivity contribution in [2.45, 2.75) is 72.8 Å². The van der Waals surface area contributed by atoms with Crippen LogP contribution in [0.15, 0.2) is 4.99 Å². The highest BCUT2D eigenvalue weighted by Crippen LogP contribution is 2.23. The summed E-state index contributed by atoms with van der Waals surface area (Å²) < 4.78 is 0. The predicted octanol–water partition coefficient (Wildman–Crippen LogP) is 3.30. The fraction of sp³-hybridized carbons (Fsp3) is 0.929. The first kappa shape index (κ1) is 16.3. The normalized spacial score (nSPS) is 13.9. The van der Waals surface area contributed by atoms with Crippen LogP contribution in [0.4, 0.5) is 0 Å². The summed E-state index contributed by atoms with van der Waals surface area (Å²) in [5.41, 5.74) is 6.10. The third kappa shape index (κ3) is 10.2. The van der Waals surface area contributed by atoms with Gasteiger partial charge in [0.15, 0.2) is 5.96 Å². The number of hydrogen-bond donors (Lipinski definition) is 2. The number of unbranched alkanes of at least 4 members (excludes halogenated alkanes) is 2. The molecule has 0 saturated heterocycles. The van der Waals surface area contributed by atoms with Gasteiger partial charge in [-0.25, -0.2) is 0 Å². The van der Waals surface area contributed by atoms with Crippen molar-refractivity contribution in [1.82, 2.24) is 5.32 Å². The number of nitrogens with one attached hydrogen (secondary N) is 1. The number of rotatable bonds is 6. The molecule has 0 unspecified atom stereocenters. The van der Waals surface area contributed by atoms with Gasteiger partial charge < -0.3 is 11.1 Å². The fourth-order valence-electron chi connectivity index (χ4n) is 1.66. The van der Waals surface area contributed by atoms with Crippen LogP contribution in [0.3, 0.4) is 0 Å². The first-order chi connectivity index (χ1) is 7.66. The van der Waals surface area contributed by atoms with E-state index in [1.165, 1.54) is 25.7 Å². The second kappa shape index (κ2) is 6.87. The topological polar surface area (TPSA) is 50.4 Å². The van der Waals surface area contributed by atoms with E-state index in [-0.39, 0.29) is 11.0 Å². The first-order valence-electron chi connectivity index (χ1n) is 6.74. The van der Waals surface area contributed by atoms with Crippen LogP contribution in [0.5, 0.6) is 0 Å². The van der Waals surface area contributed by atoms with Crippen LogP contribution >= 0.6 is 0 Å². The highest BCUT2D eigenvalue weighted by Gasteiger charge is 2.17. The van der Waals surface area contributed by atoms with Crippen LogP contribution < -0.4 is 11.1 Å². The van der Waals surface area contributed by atoms with Crippen molar-refractivity contribution < 1.29 is 0 Å². The summed E-state index contributed by atoms with van der Waals surface area (Å²) in [6.07, 6.45) is 5.08. The molecule has 0 saturated carbocycles. The Labute approximate surface area is 107 Å². The lowest BCUT2D eigenvalue weighted by molar-refractivity contribution is 0.332. The summed E-state index contributed by atoms with van der Waals surface area (Å²) in [5.74, 6) is 0.557. The van der Waals surface area contributed by atoms with Gasteiger partial charge in [-0.2, -0.15) is 0 Å². The second-order valence-corrected chi connectivity index (χ2v) is 6.70. The van der Waals surface area contributed by atoms with Crippen LogP contribution in [0, 0.1) is 5.41 Å². The molecule has 0 aromatic carbocycles. The number of aliphatic imine (C=N–C) groups is 1. The van der Waals surface area contributed by atoms with Gasteiger partial charge in [-0.05, 0) is 32.6 Å². The summed E-state index contributed by atoms with van der Waals surface area (Å²) in [6.45, 7) is 13.8. The van der Waals surface area contributed by atoms with E-state index in [9.17, 15) is 0 Å². The van der Waals surface area contributed by atoms with Crippen molar-refractivity contribution in [3.05, 3.63) is 0 Å². The molecule has 0 aromatic rings. The molecule has 0 atom stereocenters. The minimum Gasteiger partial charge on any atom is -0.370 e. The van der Waals surface area contributed by atoms with E-state index in [4.69, 9.17) is 5.73 Å².